The van der Waals surface area contributed by atoms with Gasteiger partial charge in [0, 0.05) is 18.0 Å². The highest BCUT2D eigenvalue weighted by molar-refractivity contribution is 5.99. The topological polar surface area (TPSA) is 89.4 Å². The minimum absolute atomic E-state index is 0.0867. The van der Waals surface area contributed by atoms with Gasteiger partial charge in [0.25, 0.3) is 11.5 Å². The molecule has 7 nitrogen and oxygen atoms in total. The van der Waals surface area contributed by atoms with Gasteiger partial charge in [0.2, 0.25) is 5.91 Å². The van der Waals surface area contributed by atoms with Crippen molar-refractivity contribution in [2.45, 2.75) is 19.6 Å². The van der Waals surface area contributed by atoms with E-state index in [4.69, 9.17) is 4.74 Å². The highest BCUT2D eigenvalue weighted by Crippen LogP contribution is 2.32. The van der Waals surface area contributed by atoms with Crippen molar-refractivity contribution in [3.05, 3.63) is 52.9 Å². The predicted octanol–water partition coefficient (Wildman–Crippen LogP) is 1.21. The summed E-state index contributed by atoms with van der Waals surface area (Å²) in [5.41, 5.74) is 0.765. The highest BCUT2D eigenvalue weighted by atomic mass is 16.5. The number of fused-ring (bicyclic) bond motifs is 1. The van der Waals surface area contributed by atoms with Crippen molar-refractivity contribution >= 4 is 23.2 Å². The number of anilines is 2. The molecule has 2 heterocycles. The molecule has 7 heteroatoms. The summed E-state index contributed by atoms with van der Waals surface area (Å²) in [6.45, 7) is 1.57. The van der Waals surface area contributed by atoms with Crippen molar-refractivity contribution in [3.8, 4) is 5.75 Å². The lowest BCUT2D eigenvalue weighted by Gasteiger charge is -2.23. The fraction of sp³-hybridized carbons (Fsp3) is 0.188. The zero-order chi connectivity index (χ0) is 16.4. The van der Waals surface area contributed by atoms with Gasteiger partial charge in [-0.3, -0.25) is 14.4 Å². The van der Waals surface area contributed by atoms with E-state index in [-0.39, 0.29) is 23.9 Å². The average molecular weight is 313 g/mol. The van der Waals surface area contributed by atoms with Gasteiger partial charge in [0.15, 0.2) is 6.10 Å². The first-order chi connectivity index (χ1) is 11.0. The number of carbonyl (C=O) groups excluding carboxylic acids is 2. The molecule has 0 saturated heterocycles. The smallest absolute Gasteiger partial charge is 0.265 e. The van der Waals surface area contributed by atoms with Crippen LogP contribution in [0.1, 0.15) is 6.92 Å². The molecule has 0 aliphatic carbocycles. The number of amides is 2. The maximum absolute atomic E-state index is 12.0. The van der Waals surface area contributed by atoms with E-state index < -0.39 is 6.10 Å². The average Bonchev–Trinajstić information content (AvgIpc) is 2.51. The molecule has 23 heavy (non-hydrogen) atoms. The molecule has 2 N–H and O–H groups in total. The molecule has 1 unspecified atom stereocenters. The van der Waals surface area contributed by atoms with Gasteiger partial charge in [-0.25, -0.2) is 0 Å². The Morgan fingerprint density at radius 1 is 1.30 bits per heavy atom. The number of nitrogens with one attached hydrogen (secondary N) is 2. The fourth-order valence-electron chi connectivity index (χ4n) is 2.23. The van der Waals surface area contributed by atoms with Gasteiger partial charge < -0.3 is 19.9 Å². The molecule has 0 saturated carbocycles. The Hall–Kier alpha value is -3.09. The molecule has 2 aromatic rings. The third-order valence-electron chi connectivity index (χ3n) is 3.41. The number of hydrogen-bond acceptors (Lipinski definition) is 4. The lowest BCUT2D eigenvalue weighted by molar-refractivity contribution is -0.122. The van der Waals surface area contributed by atoms with E-state index in [0.717, 1.165) is 0 Å². The van der Waals surface area contributed by atoms with Crippen molar-refractivity contribution in [2.75, 3.05) is 10.6 Å². The molecule has 3 rings (SSSR count). The summed E-state index contributed by atoms with van der Waals surface area (Å²) >= 11 is 0. The number of hydrogen-bond donors (Lipinski definition) is 2. The van der Waals surface area contributed by atoms with Crippen LogP contribution in [0, 0.1) is 0 Å². The largest absolute Gasteiger partial charge is 0.479 e. The zero-order valence-electron chi connectivity index (χ0n) is 12.4. The molecule has 2 amide bonds. The molecule has 0 bridgehead atoms. The Bertz CT molecular complexity index is 828. The number of nitrogens with zero attached hydrogens (tertiary/aromatic N) is 1. The van der Waals surface area contributed by atoms with Crippen LogP contribution in [0.3, 0.4) is 0 Å². The number of carbonyl (C=O) groups is 2. The fourth-order valence-corrected chi connectivity index (χ4v) is 2.23. The quantitative estimate of drug-likeness (QED) is 0.891. The van der Waals surface area contributed by atoms with Crippen LogP contribution in [0.2, 0.25) is 0 Å². The first kappa shape index (κ1) is 14.8. The first-order valence-electron chi connectivity index (χ1n) is 7.10. The van der Waals surface area contributed by atoms with E-state index in [1.165, 1.54) is 10.6 Å². The monoisotopic (exact) mass is 313 g/mol. The summed E-state index contributed by atoms with van der Waals surface area (Å²) in [7, 11) is 0. The van der Waals surface area contributed by atoms with E-state index in [2.05, 4.69) is 10.6 Å². The van der Waals surface area contributed by atoms with Gasteiger partial charge in [-0.2, -0.15) is 0 Å². The number of pyridine rings is 1. The number of rotatable bonds is 3. The summed E-state index contributed by atoms with van der Waals surface area (Å²) in [4.78, 5) is 35.2. The maximum Gasteiger partial charge on any atom is 0.265 e. The summed E-state index contributed by atoms with van der Waals surface area (Å²) in [5, 5.41) is 5.40. The lowest BCUT2D eigenvalue weighted by atomic mass is 10.2. The summed E-state index contributed by atoms with van der Waals surface area (Å²) < 4.78 is 6.75. The Morgan fingerprint density at radius 2 is 2.13 bits per heavy atom. The minimum Gasteiger partial charge on any atom is -0.479 e. The van der Waals surface area contributed by atoms with Crippen LogP contribution in [-0.2, 0) is 16.1 Å². The molecule has 0 radical (unpaired) electrons. The molecule has 0 spiro atoms. The van der Waals surface area contributed by atoms with Gasteiger partial charge in [0.05, 0.1) is 5.69 Å². The van der Waals surface area contributed by atoms with Crippen molar-refractivity contribution < 1.29 is 14.3 Å². The third kappa shape index (κ3) is 3.23. The number of aromatic nitrogens is 1. The second-order valence-corrected chi connectivity index (χ2v) is 5.18. The Kier molecular flexibility index (Phi) is 3.84. The van der Waals surface area contributed by atoms with E-state index in [9.17, 15) is 14.4 Å². The predicted molar refractivity (Wildman–Crippen MR) is 84.5 cm³/mol. The molecule has 1 atom stereocenters. The van der Waals surface area contributed by atoms with E-state index in [0.29, 0.717) is 17.1 Å². The van der Waals surface area contributed by atoms with Gasteiger partial charge in [0.1, 0.15) is 12.3 Å². The Labute approximate surface area is 131 Å². The Morgan fingerprint density at radius 3 is 2.91 bits per heavy atom. The summed E-state index contributed by atoms with van der Waals surface area (Å²) in [6, 6.07) is 9.65. The van der Waals surface area contributed by atoms with E-state index >= 15 is 0 Å². The van der Waals surface area contributed by atoms with Crippen molar-refractivity contribution in [2.24, 2.45) is 0 Å². The lowest BCUT2D eigenvalue weighted by Crippen LogP contribution is -2.34. The zero-order valence-corrected chi connectivity index (χ0v) is 12.4. The van der Waals surface area contributed by atoms with Gasteiger partial charge in [-0.05, 0) is 31.2 Å². The van der Waals surface area contributed by atoms with Gasteiger partial charge in [-0.1, -0.05) is 6.07 Å². The van der Waals surface area contributed by atoms with Crippen LogP contribution < -0.4 is 20.9 Å². The number of benzene rings is 1. The molecular weight excluding hydrogens is 298 g/mol. The van der Waals surface area contributed by atoms with Crippen LogP contribution in [0.5, 0.6) is 5.75 Å². The Balaban J connectivity index is 1.72. The minimum atomic E-state index is -0.548. The summed E-state index contributed by atoms with van der Waals surface area (Å²) in [6.07, 6.45) is 0.998. The van der Waals surface area contributed by atoms with Crippen LogP contribution in [0.15, 0.2) is 47.4 Å². The molecule has 1 aliphatic rings. The first-order valence-corrected chi connectivity index (χ1v) is 7.10. The van der Waals surface area contributed by atoms with Gasteiger partial charge in [-0.15, -0.1) is 0 Å². The van der Waals surface area contributed by atoms with Crippen LogP contribution in [-0.4, -0.2) is 22.5 Å². The van der Waals surface area contributed by atoms with Crippen LogP contribution >= 0.6 is 0 Å². The van der Waals surface area contributed by atoms with Crippen LogP contribution in [0.4, 0.5) is 11.4 Å². The van der Waals surface area contributed by atoms with Crippen molar-refractivity contribution in [3.63, 3.8) is 0 Å². The van der Waals surface area contributed by atoms with Crippen molar-refractivity contribution in [1.82, 2.24) is 4.57 Å². The third-order valence-corrected chi connectivity index (χ3v) is 3.41. The molecule has 1 aromatic heterocycles. The molecule has 118 valence electrons. The highest BCUT2D eigenvalue weighted by Gasteiger charge is 2.23. The molecule has 0 fully saturated rings. The van der Waals surface area contributed by atoms with Gasteiger partial charge >= 0.3 is 0 Å². The second-order valence-electron chi connectivity index (χ2n) is 5.18. The second kappa shape index (κ2) is 5.96. The molecule has 1 aromatic carbocycles. The molecule has 1 aliphatic heterocycles. The molecular formula is C16H15N3O4. The van der Waals surface area contributed by atoms with E-state index in [1.54, 1.807) is 43.5 Å². The normalized spacial score (nSPS) is 16.0. The SMILES string of the molecule is CC1Oc2ccc(NC(=O)Cn3ccccc3=O)cc2NC1=O. The summed E-state index contributed by atoms with van der Waals surface area (Å²) in [5.74, 6) is -0.0270. The van der Waals surface area contributed by atoms with E-state index in [1.807, 2.05) is 0 Å². The van der Waals surface area contributed by atoms with Crippen LogP contribution in [0.25, 0.3) is 0 Å². The standard InChI is InChI=1S/C16H15N3O4/c1-10-16(22)18-12-8-11(5-6-13(12)23-10)17-14(20)9-19-7-3-2-4-15(19)21/h2-8,10H,9H2,1H3,(H,17,20)(H,18,22). The number of ether oxygens (including phenoxy) is 1. The maximum atomic E-state index is 12.0. The van der Waals surface area contributed by atoms with Crippen molar-refractivity contribution in [1.29, 1.82) is 0 Å².